The first-order chi connectivity index (χ1) is 10.4. The van der Waals surface area contributed by atoms with Crippen LogP contribution in [-0.4, -0.2) is 48.6 Å². The number of carbonyl (C=O) groups is 2. The highest BCUT2D eigenvalue weighted by atomic mass is 19.3. The van der Waals surface area contributed by atoms with Crippen LogP contribution in [-0.2, 0) is 9.53 Å². The molecule has 1 aliphatic heterocycles. The first-order valence-electron chi connectivity index (χ1n) is 8.01. The maximum absolute atomic E-state index is 13.1. The lowest BCUT2D eigenvalue weighted by molar-refractivity contribution is -0.149. The first-order valence-corrected chi connectivity index (χ1v) is 8.01. The number of nitrogens with one attached hydrogen (secondary N) is 1. The number of urea groups is 1. The van der Waals surface area contributed by atoms with Gasteiger partial charge in [0.05, 0.1) is 12.5 Å². The Kier molecular flexibility index (Phi) is 5.58. The summed E-state index contributed by atoms with van der Waals surface area (Å²) >= 11 is 0. The quantitative estimate of drug-likeness (QED) is 0.814. The normalized spacial score (nSPS) is 25.6. The lowest BCUT2D eigenvalue weighted by Gasteiger charge is -2.34. The second-order valence-electron chi connectivity index (χ2n) is 6.12. The molecule has 0 aromatic carbocycles. The van der Waals surface area contributed by atoms with Crippen molar-refractivity contribution in [1.29, 1.82) is 0 Å². The Morgan fingerprint density at radius 1 is 1.27 bits per heavy atom. The van der Waals surface area contributed by atoms with Gasteiger partial charge >= 0.3 is 12.0 Å². The molecule has 126 valence electrons. The predicted molar refractivity (Wildman–Crippen MR) is 76.7 cm³/mol. The third kappa shape index (κ3) is 4.55. The summed E-state index contributed by atoms with van der Waals surface area (Å²) in [6.07, 6.45) is 1.71. The van der Waals surface area contributed by atoms with Gasteiger partial charge in [0.2, 0.25) is 5.92 Å². The summed E-state index contributed by atoms with van der Waals surface area (Å²) in [5, 5.41) is 2.82. The van der Waals surface area contributed by atoms with E-state index in [9.17, 15) is 18.4 Å². The van der Waals surface area contributed by atoms with Gasteiger partial charge in [0.15, 0.2) is 0 Å². The summed E-state index contributed by atoms with van der Waals surface area (Å²) < 4.78 is 31.2. The molecule has 0 bridgehead atoms. The Bertz CT molecular complexity index is 408. The smallest absolute Gasteiger partial charge is 0.317 e. The lowest BCUT2D eigenvalue weighted by atomic mass is 9.92. The topological polar surface area (TPSA) is 58.6 Å². The number of amides is 2. The van der Waals surface area contributed by atoms with Gasteiger partial charge in [0, 0.05) is 32.0 Å². The minimum atomic E-state index is -2.60. The van der Waals surface area contributed by atoms with Gasteiger partial charge in [-0.05, 0) is 32.6 Å². The maximum Gasteiger partial charge on any atom is 0.317 e. The summed E-state index contributed by atoms with van der Waals surface area (Å²) in [6.45, 7) is 3.01. The number of carbonyl (C=O) groups excluding carboxylic acids is 2. The number of rotatable bonds is 3. The van der Waals surface area contributed by atoms with Crippen LogP contribution >= 0.6 is 0 Å². The van der Waals surface area contributed by atoms with Crippen molar-refractivity contribution in [3.8, 4) is 0 Å². The second-order valence-corrected chi connectivity index (χ2v) is 6.12. The Hall–Kier alpha value is -1.40. The highest BCUT2D eigenvalue weighted by molar-refractivity contribution is 5.77. The molecule has 2 aliphatic rings. The summed E-state index contributed by atoms with van der Waals surface area (Å²) in [6, 6.07) is -0.459. The molecule has 7 heteroatoms. The number of piperidine rings is 1. The third-order valence-corrected chi connectivity index (χ3v) is 4.37. The van der Waals surface area contributed by atoms with E-state index in [1.165, 1.54) is 0 Å². The zero-order valence-electron chi connectivity index (χ0n) is 12.9. The van der Waals surface area contributed by atoms with E-state index in [4.69, 9.17) is 4.74 Å². The molecule has 1 atom stereocenters. The largest absolute Gasteiger partial charge is 0.466 e. The predicted octanol–water partition coefficient (Wildman–Crippen LogP) is 2.55. The highest BCUT2D eigenvalue weighted by Gasteiger charge is 2.36. The summed E-state index contributed by atoms with van der Waals surface area (Å²) in [7, 11) is 0. The highest BCUT2D eigenvalue weighted by Crippen LogP contribution is 2.33. The van der Waals surface area contributed by atoms with Gasteiger partial charge in [0.1, 0.15) is 0 Å². The van der Waals surface area contributed by atoms with Crippen molar-refractivity contribution in [1.82, 2.24) is 10.2 Å². The minimum absolute atomic E-state index is 0.177. The molecule has 0 spiro atoms. The standard InChI is InChI=1S/C15H24F2N2O3/c1-2-22-13(20)11-4-3-9-19(10-11)14(21)18-12-5-7-15(16,17)8-6-12/h11-12H,2-10H2,1H3,(H,18,21). The van der Waals surface area contributed by atoms with E-state index in [0.717, 1.165) is 12.8 Å². The number of alkyl halides is 2. The van der Waals surface area contributed by atoms with Crippen molar-refractivity contribution < 1.29 is 23.1 Å². The monoisotopic (exact) mass is 318 g/mol. The minimum Gasteiger partial charge on any atom is -0.466 e. The summed E-state index contributed by atoms with van der Waals surface area (Å²) in [5.41, 5.74) is 0. The van der Waals surface area contributed by atoms with Crippen LogP contribution < -0.4 is 5.32 Å². The fourth-order valence-corrected chi connectivity index (χ4v) is 3.06. The van der Waals surface area contributed by atoms with E-state index >= 15 is 0 Å². The Morgan fingerprint density at radius 2 is 1.95 bits per heavy atom. The molecule has 2 amide bonds. The van der Waals surface area contributed by atoms with Gasteiger partial charge in [-0.1, -0.05) is 0 Å². The Labute approximate surface area is 129 Å². The van der Waals surface area contributed by atoms with Crippen LogP contribution in [0.25, 0.3) is 0 Å². The molecule has 1 saturated heterocycles. The fraction of sp³-hybridized carbons (Fsp3) is 0.867. The van der Waals surface area contributed by atoms with Crippen LogP contribution in [0, 0.1) is 5.92 Å². The van der Waals surface area contributed by atoms with Crippen molar-refractivity contribution >= 4 is 12.0 Å². The molecular formula is C15H24F2N2O3. The Morgan fingerprint density at radius 3 is 2.59 bits per heavy atom. The molecule has 0 aromatic rings. The van der Waals surface area contributed by atoms with Crippen LogP contribution in [0.15, 0.2) is 0 Å². The number of halogens is 2. The first kappa shape index (κ1) is 17.0. The molecule has 2 rings (SSSR count). The van der Waals surface area contributed by atoms with Crippen LogP contribution in [0.2, 0.25) is 0 Å². The van der Waals surface area contributed by atoms with E-state index in [0.29, 0.717) is 32.5 Å². The Balaban J connectivity index is 1.81. The molecule has 1 heterocycles. The van der Waals surface area contributed by atoms with Crippen molar-refractivity contribution in [2.45, 2.75) is 57.4 Å². The molecular weight excluding hydrogens is 294 g/mol. The van der Waals surface area contributed by atoms with Gasteiger partial charge in [-0.3, -0.25) is 4.79 Å². The van der Waals surface area contributed by atoms with Crippen molar-refractivity contribution in [3.05, 3.63) is 0 Å². The van der Waals surface area contributed by atoms with Crippen molar-refractivity contribution in [3.63, 3.8) is 0 Å². The number of hydrogen-bond acceptors (Lipinski definition) is 3. The molecule has 1 aliphatic carbocycles. The van der Waals surface area contributed by atoms with Crippen LogP contribution in [0.3, 0.4) is 0 Å². The van der Waals surface area contributed by atoms with Crippen molar-refractivity contribution in [2.75, 3.05) is 19.7 Å². The average Bonchev–Trinajstić information content (AvgIpc) is 2.50. The molecule has 5 nitrogen and oxygen atoms in total. The molecule has 0 aromatic heterocycles. The van der Waals surface area contributed by atoms with Gasteiger partial charge in [-0.15, -0.1) is 0 Å². The molecule has 1 unspecified atom stereocenters. The van der Waals surface area contributed by atoms with E-state index in [2.05, 4.69) is 5.32 Å². The number of nitrogens with zero attached hydrogens (tertiary/aromatic N) is 1. The molecule has 22 heavy (non-hydrogen) atoms. The van der Waals surface area contributed by atoms with Crippen LogP contribution in [0.5, 0.6) is 0 Å². The van der Waals surface area contributed by atoms with E-state index in [-0.39, 0.29) is 36.8 Å². The second kappa shape index (κ2) is 7.24. The average molecular weight is 318 g/mol. The van der Waals surface area contributed by atoms with Gasteiger partial charge in [0.25, 0.3) is 0 Å². The van der Waals surface area contributed by atoms with E-state index in [1.54, 1.807) is 11.8 Å². The molecule has 1 N–H and O–H groups in total. The SMILES string of the molecule is CCOC(=O)C1CCCN(C(=O)NC2CCC(F)(F)CC2)C1. The zero-order chi connectivity index (χ0) is 16.2. The van der Waals surface area contributed by atoms with Gasteiger partial charge < -0.3 is 15.0 Å². The third-order valence-electron chi connectivity index (χ3n) is 4.37. The molecule has 0 radical (unpaired) electrons. The summed E-state index contributed by atoms with van der Waals surface area (Å²) in [4.78, 5) is 25.6. The zero-order valence-corrected chi connectivity index (χ0v) is 12.9. The lowest BCUT2D eigenvalue weighted by Crippen LogP contribution is -2.51. The van der Waals surface area contributed by atoms with Crippen LogP contribution in [0.4, 0.5) is 13.6 Å². The van der Waals surface area contributed by atoms with E-state index < -0.39 is 5.92 Å². The van der Waals surface area contributed by atoms with Gasteiger partial charge in [-0.25, -0.2) is 13.6 Å². The summed E-state index contributed by atoms with van der Waals surface area (Å²) in [5.74, 6) is -3.14. The van der Waals surface area contributed by atoms with E-state index in [1.807, 2.05) is 0 Å². The fourth-order valence-electron chi connectivity index (χ4n) is 3.06. The van der Waals surface area contributed by atoms with Crippen molar-refractivity contribution in [2.24, 2.45) is 5.92 Å². The number of esters is 1. The van der Waals surface area contributed by atoms with Crippen LogP contribution in [0.1, 0.15) is 45.4 Å². The van der Waals surface area contributed by atoms with Gasteiger partial charge in [-0.2, -0.15) is 0 Å². The number of hydrogen-bond donors (Lipinski definition) is 1. The number of ether oxygens (including phenoxy) is 1. The molecule has 2 fully saturated rings. The maximum atomic E-state index is 13.1. The number of likely N-dealkylation sites (tertiary alicyclic amines) is 1. The molecule has 1 saturated carbocycles.